The molecular weight excluding hydrogens is 268 g/mol. The van der Waals surface area contributed by atoms with Gasteiger partial charge in [-0.1, -0.05) is 58.1 Å². The second kappa shape index (κ2) is 9.88. The van der Waals surface area contributed by atoms with Crippen LogP contribution in [0.2, 0.25) is 0 Å². The molecule has 120 valence electrons. The van der Waals surface area contributed by atoms with Crippen molar-refractivity contribution in [1.29, 1.82) is 0 Å². The van der Waals surface area contributed by atoms with Gasteiger partial charge in [0.2, 0.25) is 0 Å². The molecule has 1 atom stereocenters. The van der Waals surface area contributed by atoms with Crippen LogP contribution in [0.3, 0.4) is 0 Å². The lowest BCUT2D eigenvalue weighted by molar-refractivity contribution is 0.430. The summed E-state index contributed by atoms with van der Waals surface area (Å²) in [6.45, 7) is 6.70. The van der Waals surface area contributed by atoms with E-state index in [1.807, 2.05) is 0 Å². The Morgan fingerprint density at radius 1 is 0.952 bits per heavy atom. The summed E-state index contributed by atoms with van der Waals surface area (Å²) >= 11 is 0. The van der Waals surface area contributed by atoms with Crippen LogP contribution in [0.15, 0.2) is 12.1 Å². The maximum absolute atomic E-state index is 14.2. The summed E-state index contributed by atoms with van der Waals surface area (Å²) in [4.78, 5) is 0. The van der Waals surface area contributed by atoms with E-state index in [-0.39, 0.29) is 6.04 Å². The summed E-state index contributed by atoms with van der Waals surface area (Å²) in [7, 11) is 0. The van der Waals surface area contributed by atoms with E-state index < -0.39 is 11.6 Å². The van der Waals surface area contributed by atoms with E-state index in [2.05, 4.69) is 19.2 Å². The third-order valence-electron chi connectivity index (χ3n) is 3.92. The van der Waals surface area contributed by atoms with Crippen LogP contribution < -0.4 is 5.32 Å². The van der Waals surface area contributed by atoms with Crippen LogP contribution >= 0.6 is 0 Å². The largest absolute Gasteiger partial charge is 0.310 e. The lowest BCUT2D eigenvalue weighted by Gasteiger charge is -2.20. The van der Waals surface area contributed by atoms with Gasteiger partial charge in [-0.3, -0.25) is 0 Å². The maximum Gasteiger partial charge on any atom is 0.163 e. The lowest BCUT2D eigenvalue weighted by atomic mass is 9.97. The number of benzene rings is 1. The second-order valence-corrected chi connectivity index (χ2v) is 5.81. The molecule has 1 N–H and O–H groups in total. The van der Waals surface area contributed by atoms with Crippen LogP contribution in [-0.4, -0.2) is 6.54 Å². The monoisotopic (exact) mass is 297 g/mol. The summed E-state index contributed by atoms with van der Waals surface area (Å²) < 4.78 is 27.9. The summed E-state index contributed by atoms with van der Waals surface area (Å²) in [5.74, 6) is -1.39. The third-order valence-corrected chi connectivity index (χ3v) is 3.92. The van der Waals surface area contributed by atoms with E-state index in [0.717, 1.165) is 32.2 Å². The first-order valence-corrected chi connectivity index (χ1v) is 8.29. The average Bonchev–Trinajstić information content (AvgIpc) is 2.48. The summed E-state index contributed by atoms with van der Waals surface area (Å²) in [5.41, 5.74) is 0.843. The molecule has 0 fully saturated rings. The van der Waals surface area contributed by atoms with Crippen LogP contribution in [0.1, 0.15) is 76.0 Å². The summed E-state index contributed by atoms with van der Waals surface area (Å²) in [5, 5.41) is 3.36. The molecule has 21 heavy (non-hydrogen) atoms. The normalized spacial score (nSPS) is 12.6. The molecular formula is C18H29F2N. The minimum absolute atomic E-state index is 0.0818. The Bertz CT molecular complexity index is 418. The number of halogens is 2. The highest BCUT2D eigenvalue weighted by atomic mass is 19.2. The van der Waals surface area contributed by atoms with Crippen LogP contribution in [0.4, 0.5) is 8.78 Å². The van der Waals surface area contributed by atoms with Gasteiger partial charge in [0.05, 0.1) is 0 Å². The van der Waals surface area contributed by atoms with Crippen LogP contribution in [0.5, 0.6) is 0 Å². The van der Waals surface area contributed by atoms with Crippen molar-refractivity contribution in [1.82, 2.24) is 5.32 Å². The number of rotatable bonds is 10. The second-order valence-electron chi connectivity index (χ2n) is 5.81. The van der Waals surface area contributed by atoms with Crippen molar-refractivity contribution >= 4 is 0 Å². The molecule has 3 heteroatoms. The van der Waals surface area contributed by atoms with Gasteiger partial charge in [0, 0.05) is 11.6 Å². The Morgan fingerprint density at radius 2 is 1.67 bits per heavy atom. The molecule has 0 bridgehead atoms. The van der Waals surface area contributed by atoms with E-state index in [0.29, 0.717) is 11.1 Å². The Kier molecular flexibility index (Phi) is 8.51. The Balaban J connectivity index is 2.70. The van der Waals surface area contributed by atoms with Gasteiger partial charge in [-0.15, -0.1) is 0 Å². The van der Waals surface area contributed by atoms with E-state index in [9.17, 15) is 8.78 Å². The van der Waals surface area contributed by atoms with Crippen molar-refractivity contribution < 1.29 is 8.78 Å². The Morgan fingerprint density at radius 3 is 2.33 bits per heavy atom. The average molecular weight is 297 g/mol. The fraction of sp³-hybridized carbons (Fsp3) is 0.667. The fourth-order valence-electron chi connectivity index (χ4n) is 2.57. The molecule has 1 aromatic rings. The molecule has 0 aliphatic heterocycles. The molecule has 0 saturated heterocycles. The first-order chi connectivity index (χ1) is 10.1. The van der Waals surface area contributed by atoms with Crippen molar-refractivity contribution in [2.45, 2.75) is 71.8 Å². The van der Waals surface area contributed by atoms with E-state index in [1.54, 1.807) is 19.1 Å². The van der Waals surface area contributed by atoms with Crippen molar-refractivity contribution in [3.05, 3.63) is 34.9 Å². The van der Waals surface area contributed by atoms with Gasteiger partial charge in [0.25, 0.3) is 0 Å². The lowest BCUT2D eigenvalue weighted by Crippen LogP contribution is -2.23. The first kappa shape index (κ1) is 18.1. The predicted molar refractivity (Wildman–Crippen MR) is 85.5 cm³/mol. The molecule has 0 amide bonds. The molecule has 0 radical (unpaired) electrons. The van der Waals surface area contributed by atoms with Gasteiger partial charge in [0.15, 0.2) is 11.6 Å². The highest BCUT2D eigenvalue weighted by Gasteiger charge is 2.18. The molecule has 1 aromatic carbocycles. The van der Waals surface area contributed by atoms with Gasteiger partial charge >= 0.3 is 0 Å². The number of hydrogen-bond donors (Lipinski definition) is 1. The van der Waals surface area contributed by atoms with Crippen LogP contribution in [-0.2, 0) is 0 Å². The van der Waals surface area contributed by atoms with Gasteiger partial charge in [-0.2, -0.15) is 0 Å². The SMILES string of the molecule is CCCCCCCC(NCCC)c1ccc(C)c(F)c1F. The Labute approximate surface area is 128 Å². The molecule has 0 heterocycles. The number of nitrogens with one attached hydrogen (secondary N) is 1. The van der Waals surface area contributed by atoms with Crippen LogP contribution in [0.25, 0.3) is 0 Å². The molecule has 1 unspecified atom stereocenters. The standard InChI is InChI=1S/C18H29F2N/c1-4-6-7-8-9-10-16(21-13-5-2)15-12-11-14(3)17(19)18(15)20/h11-12,16,21H,4-10,13H2,1-3H3. The van der Waals surface area contributed by atoms with Crippen molar-refractivity contribution in [3.8, 4) is 0 Å². The minimum atomic E-state index is -0.707. The van der Waals surface area contributed by atoms with E-state index >= 15 is 0 Å². The van der Waals surface area contributed by atoms with Gasteiger partial charge in [-0.05, 0) is 31.9 Å². The molecule has 0 aromatic heterocycles. The number of aryl methyl sites for hydroxylation is 1. The molecule has 0 spiro atoms. The molecule has 0 saturated carbocycles. The van der Waals surface area contributed by atoms with Crippen LogP contribution in [0, 0.1) is 18.6 Å². The van der Waals surface area contributed by atoms with Gasteiger partial charge in [0.1, 0.15) is 0 Å². The van der Waals surface area contributed by atoms with Crippen molar-refractivity contribution in [2.75, 3.05) is 6.54 Å². The highest BCUT2D eigenvalue weighted by molar-refractivity contribution is 5.27. The first-order valence-electron chi connectivity index (χ1n) is 8.29. The topological polar surface area (TPSA) is 12.0 Å². The fourth-order valence-corrected chi connectivity index (χ4v) is 2.57. The summed E-state index contributed by atoms with van der Waals surface area (Å²) in [6, 6.07) is 3.32. The number of unbranched alkanes of at least 4 members (excludes halogenated alkanes) is 4. The zero-order chi connectivity index (χ0) is 15.7. The van der Waals surface area contributed by atoms with E-state index in [1.165, 1.54) is 19.3 Å². The summed E-state index contributed by atoms with van der Waals surface area (Å²) in [6.07, 6.45) is 7.76. The van der Waals surface area contributed by atoms with Gasteiger partial charge < -0.3 is 5.32 Å². The zero-order valence-corrected chi connectivity index (χ0v) is 13.6. The molecule has 0 aliphatic carbocycles. The molecule has 1 rings (SSSR count). The zero-order valence-electron chi connectivity index (χ0n) is 13.6. The van der Waals surface area contributed by atoms with Crippen molar-refractivity contribution in [3.63, 3.8) is 0 Å². The minimum Gasteiger partial charge on any atom is -0.310 e. The molecule has 0 aliphatic rings. The highest BCUT2D eigenvalue weighted by Crippen LogP contribution is 2.26. The van der Waals surface area contributed by atoms with E-state index in [4.69, 9.17) is 0 Å². The molecule has 1 nitrogen and oxygen atoms in total. The quantitative estimate of drug-likeness (QED) is 0.548. The maximum atomic E-state index is 14.2. The number of hydrogen-bond acceptors (Lipinski definition) is 1. The smallest absolute Gasteiger partial charge is 0.163 e. The Hall–Kier alpha value is -0.960. The third kappa shape index (κ3) is 5.74. The van der Waals surface area contributed by atoms with Crippen molar-refractivity contribution in [2.24, 2.45) is 0 Å². The van der Waals surface area contributed by atoms with Gasteiger partial charge in [-0.25, -0.2) is 8.78 Å². The predicted octanol–water partition coefficient (Wildman–Crippen LogP) is 5.67.